The summed E-state index contributed by atoms with van der Waals surface area (Å²) >= 11 is 4.06. The van der Waals surface area contributed by atoms with E-state index in [0.29, 0.717) is 37.2 Å². The van der Waals surface area contributed by atoms with Crippen molar-refractivity contribution in [1.82, 2.24) is 9.80 Å². The number of nitrogens with zero attached hydrogens (tertiary/aromatic N) is 2. The van der Waals surface area contributed by atoms with Crippen LogP contribution in [0.25, 0.3) is 0 Å². The predicted molar refractivity (Wildman–Crippen MR) is 101 cm³/mol. The molecular weight excluding hydrogens is 354 g/mol. The van der Waals surface area contributed by atoms with Crippen molar-refractivity contribution in [2.45, 2.75) is 24.9 Å². The van der Waals surface area contributed by atoms with Crippen molar-refractivity contribution < 1.29 is 19.1 Å². The zero-order valence-electron chi connectivity index (χ0n) is 14.8. The molecule has 0 saturated carbocycles. The number of ether oxygens (including phenoxy) is 1. The zero-order chi connectivity index (χ0) is 19.1. The fraction of sp³-hybridized carbons (Fsp3) is 0.500. The van der Waals surface area contributed by atoms with E-state index in [9.17, 15) is 14.4 Å². The Hall–Kier alpha value is -2.06. The molecule has 0 spiro atoms. The first-order chi connectivity index (χ1) is 12.5. The highest BCUT2D eigenvalue weighted by atomic mass is 32.1. The van der Waals surface area contributed by atoms with E-state index in [1.54, 1.807) is 34.1 Å². The van der Waals surface area contributed by atoms with Crippen LogP contribution in [0.2, 0.25) is 0 Å². The number of nitrogens with two attached hydrogens (primary N) is 1. The predicted octanol–water partition coefficient (Wildman–Crippen LogP) is 0.550. The minimum absolute atomic E-state index is 0.112. The lowest BCUT2D eigenvalue weighted by atomic mass is 10.0. The van der Waals surface area contributed by atoms with Crippen LogP contribution in [0.5, 0.6) is 0 Å². The molecule has 0 aromatic heterocycles. The van der Waals surface area contributed by atoms with E-state index in [2.05, 4.69) is 12.6 Å². The van der Waals surface area contributed by atoms with Crippen molar-refractivity contribution in [2.24, 2.45) is 5.73 Å². The maximum atomic E-state index is 12.9. The Kier molecular flexibility index (Phi) is 7.47. The van der Waals surface area contributed by atoms with Crippen molar-refractivity contribution in [3.8, 4) is 0 Å². The number of thiol groups is 1. The molecule has 26 heavy (non-hydrogen) atoms. The summed E-state index contributed by atoms with van der Waals surface area (Å²) in [6.07, 6.45) is 1.17. The average molecular weight is 379 g/mol. The molecule has 1 heterocycles. The van der Waals surface area contributed by atoms with Gasteiger partial charge in [-0.1, -0.05) is 18.2 Å². The third-order valence-corrected chi connectivity index (χ3v) is 4.93. The lowest BCUT2D eigenvalue weighted by Crippen LogP contribution is -2.53. The van der Waals surface area contributed by atoms with Gasteiger partial charge in [-0.25, -0.2) is 0 Å². The van der Waals surface area contributed by atoms with Gasteiger partial charge < -0.3 is 20.3 Å². The number of methoxy groups -OCH3 is 1. The lowest BCUT2D eigenvalue weighted by Gasteiger charge is -2.38. The van der Waals surface area contributed by atoms with Crippen LogP contribution in [0, 0.1) is 0 Å². The maximum Gasteiger partial charge on any atom is 0.325 e. The highest BCUT2D eigenvalue weighted by molar-refractivity contribution is 7.80. The molecule has 2 N–H and O–H groups in total. The van der Waals surface area contributed by atoms with Crippen LogP contribution in [0.15, 0.2) is 30.3 Å². The number of amides is 2. The first-order valence-electron chi connectivity index (χ1n) is 8.56. The molecule has 1 aromatic carbocycles. The van der Waals surface area contributed by atoms with Crippen LogP contribution in [-0.4, -0.2) is 72.2 Å². The minimum atomic E-state index is -0.619. The maximum absolute atomic E-state index is 12.9. The van der Waals surface area contributed by atoms with Crippen LogP contribution in [-0.2, 0) is 14.3 Å². The second-order valence-electron chi connectivity index (χ2n) is 6.22. The molecule has 1 aliphatic rings. The molecule has 0 aliphatic carbocycles. The number of hydrogen-bond acceptors (Lipinski definition) is 6. The summed E-state index contributed by atoms with van der Waals surface area (Å²) in [7, 11) is 1.30. The van der Waals surface area contributed by atoms with E-state index < -0.39 is 12.0 Å². The van der Waals surface area contributed by atoms with Gasteiger partial charge in [0.05, 0.1) is 13.2 Å². The largest absolute Gasteiger partial charge is 0.468 e. The number of carbonyl (C=O) groups excluding carboxylic acids is 3. The Morgan fingerprint density at radius 2 is 1.88 bits per heavy atom. The highest BCUT2D eigenvalue weighted by Crippen LogP contribution is 2.20. The molecule has 2 amide bonds. The molecule has 2 rings (SSSR count). The van der Waals surface area contributed by atoms with Gasteiger partial charge in [0.25, 0.3) is 5.91 Å². The van der Waals surface area contributed by atoms with E-state index in [4.69, 9.17) is 10.5 Å². The molecule has 1 atom stereocenters. The molecule has 0 radical (unpaired) electrons. The smallest absolute Gasteiger partial charge is 0.325 e. The number of likely N-dealkylation sites (tertiary alicyclic amines) is 1. The highest BCUT2D eigenvalue weighted by Gasteiger charge is 2.32. The number of carbonyl (C=O) groups is 3. The molecule has 1 unspecified atom stereocenters. The Bertz CT molecular complexity index is 633. The van der Waals surface area contributed by atoms with Gasteiger partial charge in [0.2, 0.25) is 5.91 Å². The van der Waals surface area contributed by atoms with Gasteiger partial charge in [0.1, 0.15) is 6.54 Å². The summed E-state index contributed by atoms with van der Waals surface area (Å²) in [6, 6.07) is 8.07. The van der Waals surface area contributed by atoms with E-state index in [1.807, 2.05) is 6.07 Å². The van der Waals surface area contributed by atoms with Gasteiger partial charge in [-0.2, -0.15) is 12.6 Å². The van der Waals surface area contributed by atoms with Crippen molar-refractivity contribution in [1.29, 1.82) is 0 Å². The van der Waals surface area contributed by atoms with E-state index >= 15 is 0 Å². The molecular formula is C18H25N3O4S. The quantitative estimate of drug-likeness (QED) is 0.556. The Balaban J connectivity index is 2.08. The molecule has 142 valence electrons. The molecule has 1 aliphatic heterocycles. The van der Waals surface area contributed by atoms with Gasteiger partial charge in [-0.15, -0.1) is 0 Å². The summed E-state index contributed by atoms with van der Waals surface area (Å²) in [5, 5.41) is 0. The van der Waals surface area contributed by atoms with Gasteiger partial charge in [0.15, 0.2) is 0 Å². The summed E-state index contributed by atoms with van der Waals surface area (Å²) < 4.78 is 4.74. The summed E-state index contributed by atoms with van der Waals surface area (Å²) in [5.41, 5.74) is 6.28. The fourth-order valence-corrected chi connectivity index (χ4v) is 3.18. The van der Waals surface area contributed by atoms with Crippen LogP contribution in [0.3, 0.4) is 0 Å². The van der Waals surface area contributed by atoms with Crippen LogP contribution in [0.1, 0.15) is 23.2 Å². The normalized spacial score (nSPS) is 16.0. The molecule has 8 heteroatoms. The molecule has 1 aromatic rings. The summed E-state index contributed by atoms with van der Waals surface area (Å²) in [4.78, 5) is 40.1. The minimum Gasteiger partial charge on any atom is -0.468 e. The summed E-state index contributed by atoms with van der Waals surface area (Å²) in [6.45, 7) is 0.869. The third kappa shape index (κ3) is 4.98. The first kappa shape index (κ1) is 20.3. The van der Waals surface area contributed by atoms with Crippen molar-refractivity contribution >= 4 is 30.4 Å². The molecule has 1 fully saturated rings. The number of piperidine rings is 1. The third-order valence-electron chi connectivity index (χ3n) is 4.54. The van der Waals surface area contributed by atoms with Crippen molar-refractivity contribution in [2.75, 3.05) is 32.5 Å². The lowest BCUT2D eigenvalue weighted by molar-refractivity contribution is -0.142. The van der Waals surface area contributed by atoms with Crippen molar-refractivity contribution in [3.63, 3.8) is 0 Å². The van der Waals surface area contributed by atoms with Crippen LogP contribution in [0.4, 0.5) is 0 Å². The monoisotopic (exact) mass is 379 g/mol. The van der Waals surface area contributed by atoms with E-state index in [1.165, 1.54) is 7.11 Å². The van der Waals surface area contributed by atoms with Gasteiger partial charge >= 0.3 is 5.97 Å². The number of benzene rings is 1. The van der Waals surface area contributed by atoms with Crippen molar-refractivity contribution in [3.05, 3.63) is 35.9 Å². The molecule has 0 bridgehead atoms. The van der Waals surface area contributed by atoms with Crippen LogP contribution >= 0.6 is 12.6 Å². The Labute approximate surface area is 158 Å². The number of rotatable bonds is 6. The van der Waals surface area contributed by atoms with Gasteiger partial charge in [-0.3, -0.25) is 14.4 Å². The van der Waals surface area contributed by atoms with E-state index in [0.717, 1.165) is 0 Å². The molecule has 1 saturated heterocycles. The van der Waals surface area contributed by atoms with E-state index in [-0.39, 0.29) is 24.4 Å². The first-order valence-corrected chi connectivity index (χ1v) is 9.19. The SMILES string of the molecule is COC(=O)CN(C(=O)c1ccccc1)C1CCN(C(=O)C(N)CS)CC1. The van der Waals surface area contributed by atoms with Crippen LogP contribution < -0.4 is 5.73 Å². The Morgan fingerprint density at radius 1 is 1.27 bits per heavy atom. The number of esters is 1. The second kappa shape index (κ2) is 9.59. The standard InChI is InChI=1S/C18H25N3O4S/c1-25-16(22)11-21(17(23)13-5-3-2-4-6-13)14-7-9-20(10-8-14)18(24)15(19)12-26/h2-6,14-15,26H,7-12,19H2,1H3. The molecule has 7 nitrogen and oxygen atoms in total. The summed E-state index contributed by atoms with van der Waals surface area (Å²) in [5.74, 6) is -0.523. The fourth-order valence-electron chi connectivity index (χ4n) is 3.03. The average Bonchev–Trinajstić information content (AvgIpc) is 2.70. The zero-order valence-corrected chi connectivity index (χ0v) is 15.7. The Morgan fingerprint density at radius 3 is 2.42 bits per heavy atom. The number of hydrogen-bond donors (Lipinski definition) is 2. The van der Waals surface area contributed by atoms with Gasteiger partial charge in [0, 0.05) is 30.4 Å². The van der Waals surface area contributed by atoms with Gasteiger partial charge in [-0.05, 0) is 25.0 Å². The second-order valence-corrected chi connectivity index (χ2v) is 6.59. The topological polar surface area (TPSA) is 92.9 Å².